The van der Waals surface area contributed by atoms with E-state index in [9.17, 15) is 8.42 Å². The zero-order valence-corrected chi connectivity index (χ0v) is 14.1. The SMILES string of the molecule is CCN(C(C)CN(C)C)S(=O)(=O)c1ccc(OC)cc1N. The second-order valence-electron chi connectivity index (χ2n) is 5.22. The van der Waals surface area contributed by atoms with Gasteiger partial charge in [0, 0.05) is 25.2 Å². The molecule has 0 radical (unpaired) electrons. The number of nitrogens with zero attached hydrogens (tertiary/aromatic N) is 2. The van der Waals surface area contributed by atoms with Crippen molar-refractivity contribution in [2.24, 2.45) is 0 Å². The van der Waals surface area contributed by atoms with Gasteiger partial charge in [-0.3, -0.25) is 0 Å². The van der Waals surface area contributed by atoms with Gasteiger partial charge in [-0.2, -0.15) is 4.31 Å². The van der Waals surface area contributed by atoms with E-state index in [1.165, 1.54) is 23.5 Å². The number of anilines is 1. The van der Waals surface area contributed by atoms with Crippen LogP contribution in [0, 0.1) is 0 Å². The van der Waals surface area contributed by atoms with Crippen molar-refractivity contribution in [2.75, 3.05) is 40.0 Å². The van der Waals surface area contributed by atoms with Crippen molar-refractivity contribution in [3.05, 3.63) is 18.2 Å². The van der Waals surface area contributed by atoms with E-state index in [1.807, 2.05) is 32.8 Å². The Balaban J connectivity index is 3.18. The van der Waals surface area contributed by atoms with Crippen LogP contribution >= 0.6 is 0 Å². The molecule has 1 aromatic carbocycles. The summed E-state index contributed by atoms with van der Waals surface area (Å²) in [5, 5.41) is 0. The average Bonchev–Trinajstić information content (AvgIpc) is 2.37. The van der Waals surface area contributed by atoms with Crippen LogP contribution < -0.4 is 10.5 Å². The molecule has 120 valence electrons. The summed E-state index contributed by atoms with van der Waals surface area (Å²) in [6, 6.07) is 4.48. The first-order valence-electron chi connectivity index (χ1n) is 6.84. The number of ether oxygens (including phenoxy) is 1. The predicted molar refractivity (Wildman–Crippen MR) is 85.0 cm³/mol. The van der Waals surface area contributed by atoms with E-state index in [0.29, 0.717) is 18.8 Å². The third-order valence-corrected chi connectivity index (χ3v) is 5.40. The van der Waals surface area contributed by atoms with Gasteiger partial charge in [0.25, 0.3) is 0 Å². The summed E-state index contributed by atoms with van der Waals surface area (Å²) in [6.45, 7) is 4.75. The Morgan fingerprint density at radius 3 is 2.38 bits per heavy atom. The van der Waals surface area contributed by atoms with Crippen molar-refractivity contribution in [3.8, 4) is 5.75 Å². The van der Waals surface area contributed by atoms with Gasteiger partial charge < -0.3 is 15.4 Å². The van der Waals surface area contributed by atoms with Crippen molar-refractivity contribution >= 4 is 15.7 Å². The van der Waals surface area contributed by atoms with Crippen LogP contribution in [0.4, 0.5) is 5.69 Å². The van der Waals surface area contributed by atoms with Crippen LogP contribution in [0.2, 0.25) is 0 Å². The van der Waals surface area contributed by atoms with Crippen LogP contribution in [-0.2, 0) is 10.0 Å². The Hall–Kier alpha value is -1.31. The standard InChI is InChI=1S/C14H25N3O3S/c1-6-17(11(2)10-16(3)4)21(18,19)14-8-7-12(20-5)9-13(14)15/h7-9,11H,6,10,15H2,1-5H3. The lowest BCUT2D eigenvalue weighted by molar-refractivity contribution is 0.271. The number of likely N-dealkylation sites (N-methyl/N-ethyl adjacent to an activating group) is 2. The summed E-state index contributed by atoms with van der Waals surface area (Å²) in [5.41, 5.74) is 6.08. The number of nitrogen functional groups attached to an aromatic ring is 1. The van der Waals surface area contributed by atoms with E-state index >= 15 is 0 Å². The highest BCUT2D eigenvalue weighted by Gasteiger charge is 2.29. The lowest BCUT2D eigenvalue weighted by Crippen LogP contribution is -2.43. The monoisotopic (exact) mass is 315 g/mol. The Morgan fingerprint density at radius 1 is 1.33 bits per heavy atom. The third kappa shape index (κ3) is 4.09. The van der Waals surface area contributed by atoms with Gasteiger partial charge in [0.15, 0.2) is 0 Å². The topological polar surface area (TPSA) is 75.9 Å². The second kappa shape index (κ2) is 7.11. The van der Waals surface area contributed by atoms with E-state index in [4.69, 9.17) is 10.5 Å². The van der Waals surface area contributed by atoms with Gasteiger partial charge in [0.1, 0.15) is 10.6 Å². The number of hydrogen-bond acceptors (Lipinski definition) is 5. The molecule has 0 saturated carbocycles. The second-order valence-corrected chi connectivity index (χ2v) is 7.08. The van der Waals surface area contributed by atoms with E-state index in [2.05, 4.69) is 0 Å². The Labute approximate surface area is 127 Å². The lowest BCUT2D eigenvalue weighted by Gasteiger charge is -2.29. The van der Waals surface area contributed by atoms with Gasteiger partial charge in [0.2, 0.25) is 10.0 Å². The molecule has 0 amide bonds. The molecule has 7 heteroatoms. The Bertz CT molecular complexity index is 573. The molecular formula is C14H25N3O3S. The number of nitrogens with two attached hydrogens (primary N) is 1. The average molecular weight is 315 g/mol. The molecule has 2 N–H and O–H groups in total. The maximum Gasteiger partial charge on any atom is 0.245 e. The molecule has 0 spiro atoms. The highest BCUT2D eigenvalue weighted by Crippen LogP contribution is 2.27. The van der Waals surface area contributed by atoms with E-state index in [-0.39, 0.29) is 16.6 Å². The number of hydrogen-bond donors (Lipinski definition) is 1. The molecule has 0 aliphatic heterocycles. The minimum atomic E-state index is -3.63. The molecule has 21 heavy (non-hydrogen) atoms. The first-order valence-corrected chi connectivity index (χ1v) is 8.28. The summed E-state index contributed by atoms with van der Waals surface area (Å²) in [7, 11) is 1.72. The molecule has 6 nitrogen and oxygen atoms in total. The summed E-state index contributed by atoms with van der Waals surface area (Å²) in [5.74, 6) is 0.538. The maximum atomic E-state index is 12.8. The molecular weight excluding hydrogens is 290 g/mol. The van der Waals surface area contributed by atoms with Crippen LogP contribution in [0.25, 0.3) is 0 Å². The van der Waals surface area contributed by atoms with Crippen molar-refractivity contribution in [1.82, 2.24) is 9.21 Å². The summed E-state index contributed by atoms with van der Waals surface area (Å²) in [4.78, 5) is 2.08. The molecule has 0 aliphatic rings. The zero-order chi connectivity index (χ0) is 16.2. The normalized spacial score (nSPS) is 13.7. The van der Waals surface area contributed by atoms with E-state index < -0.39 is 10.0 Å². The fraction of sp³-hybridized carbons (Fsp3) is 0.571. The van der Waals surface area contributed by atoms with Crippen LogP contribution in [0.15, 0.2) is 23.1 Å². The first kappa shape index (κ1) is 17.7. The number of rotatable bonds is 7. The summed E-state index contributed by atoms with van der Waals surface area (Å²) < 4.78 is 32.1. The summed E-state index contributed by atoms with van der Waals surface area (Å²) >= 11 is 0. The van der Waals surface area contributed by atoms with Gasteiger partial charge in [-0.25, -0.2) is 8.42 Å². The van der Waals surface area contributed by atoms with E-state index in [1.54, 1.807) is 6.07 Å². The van der Waals surface area contributed by atoms with Crippen LogP contribution in [0.3, 0.4) is 0 Å². The molecule has 0 bridgehead atoms. The smallest absolute Gasteiger partial charge is 0.245 e. The molecule has 1 rings (SSSR count). The predicted octanol–water partition coefficient (Wildman–Crippen LogP) is 1.24. The molecule has 0 aliphatic carbocycles. The van der Waals surface area contributed by atoms with Crippen LogP contribution in [-0.4, -0.2) is 58.0 Å². The van der Waals surface area contributed by atoms with Crippen molar-refractivity contribution in [1.29, 1.82) is 0 Å². The molecule has 0 saturated heterocycles. The van der Waals surface area contributed by atoms with Crippen LogP contribution in [0.1, 0.15) is 13.8 Å². The van der Waals surface area contributed by atoms with Gasteiger partial charge in [-0.05, 0) is 33.2 Å². The zero-order valence-electron chi connectivity index (χ0n) is 13.3. The van der Waals surface area contributed by atoms with Gasteiger partial charge in [0.05, 0.1) is 12.8 Å². The molecule has 1 aromatic rings. The summed E-state index contributed by atoms with van der Waals surface area (Å²) in [6.07, 6.45) is 0. The number of methoxy groups -OCH3 is 1. The van der Waals surface area contributed by atoms with Crippen molar-refractivity contribution in [3.63, 3.8) is 0 Å². The fourth-order valence-corrected chi connectivity index (χ4v) is 4.08. The first-order chi connectivity index (χ1) is 9.73. The lowest BCUT2D eigenvalue weighted by atomic mass is 10.3. The van der Waals surface area contributed by atoms with Crippen molar-refractivity contribution < 1.29 is 13.2 Å². The Morgan fingerprint density at radius 2 is 1.95 bits per heavy atom. The molecule has 0 aromatic heterocycles. The van der Waals surface area contributed by atoms with Gasteiger partial charge in [-0.1, -0.05) is 6.92 Å². The molecule has 0 fully saturated rings. The van der Waals surface area contributed by atoms with E-state index in [0.717, 1.165) is 0 Å². The number of benzene rings is 1. The van der Waals surface area contributed by atoms with Gasteiger partial charge in [-0.15, -0.1) is 0 Å². The highest BCUT2D eigenvalue weighted by molar-refractivity contribution is 7.89. The Kier molecular flexibility index (Phi) is 6.00. The minimum absolute atomic E-state index is 0.121. The largest absolute Gasteiger partial charge is 0.497 e. The van der Waals surface area contributed by atoms with Crippen molar-refractivity contribution in [2.45, 2.75) is 24.8 Å². The minimum Gasteiger partial charge on any atom is -0.497 e. The molecule has 1 atom stereocenters. The van der Waals surface area contributed by atoms with Gasteiger partial charge >= 0.3 is 0 Å². The maximum absolute atomic E-state index is 12.8. The quantitative estimate of drug-likeness (QED) is 0.766. The fourth-order valence-electron chi connectivity index (χ4n) is 2.35. The highest BCUT2D eigenvalue weighted by atomic mass is 32.2. The molecule has 0 heterocycles. The molecule has 1 unspecified atom stereocenters. The third-order valence-electron chi connectivity index (χ3n) is 3.24. The number of sulfonamides is 1. The van der Waals surface area contributed by atoms with Crippen LogP contribution in [0.5, 0.6) is 5.75 Å².